The van der Waals surface area contributed by atoms with E-state index in [2.05, 4.69) is 5.32 Å². The summed E-state index contributed by atoms with van der Waals surface area (Å²) < 4.78 is 11.0. The monoisotopic (exact) mass is 329 g/mol. The largest absolute Gasteiger partial charge is 0.378 e. The molecule has 0 aliphatic rings. The van der Waals surface area contributed by atoms with Gasteiger partial charge in [0.25, 0.3) is 5.91 Å². The number of amides is 1. The minimum absolute atomic E-state index is 0.129. The van der Waals surface area contributed by atoms with E-state index in [0.717, 1.165) is 18.8 Å². The number of aliphatic hydroxyl groups is 1. The van der Waals surface area contributed by atoms with Crippen molar-refractivity contribution in [3.8, 4) is 0 Å². The van der Waals surface area contributed by atoms with Gasteiger partial charge >= 0.3 is 7.60 Å². The minimum Gasteiger partial charge on any atom is -0.378 e. The molecule has 1 aromatic rings. The lowest BCUT2D eigenvalue weighted by atomic mass is 10.1. The Labute approximate surface area is 128 Å². The topological polar surface area (TPSA) is 124 Å². The highest BCUT2D eigenvalue weighted by Gasteiger charge is 2.39. The van der Waals surface area contributed by atoms with E-state index in [1.165, 1.54) is 0 Å². The van der Waals surface area contributed by atoms with Crippen LogP contribution in [0.1, 0.15) is 35.7 Å². The average Bonchev–Trinajstić information content (AvgIpc) is 2.43. The van der Waals surface area contributed by atoms with E-state index in [9.17, 15) is 19.3 Å². The molecule has 1 aromatic carbocycles. The fourth-order valence-corrected chi connectivity index (χ4v) is 2.21. The van der Waals surface area contributed by atoms with Gasteiger partial charge in [0.1, 0.15) is 6.29 Å². The van der Waals surface area contributed by atoms with Crippen molar-refractivity contribution in [2.24, 2.45) is 0 Å². The first-order chi connectivity index (χ1) is 10.2. The molecule has 0 fully saturated rings. The Morgan fingerprint density at radius 2 is 1.91 bits per heavy atom. The molecule has 0 radical (unpaired) electrons. The molecule has 0 spiro atoms. The molecular formula is C14H20NO6P. The summed E-state index contributed by atoms with van der Waals surface area (Å²) >= 11 is 0. The maximum absolute atomic E-state index is 11.8. The average molecular weight is 329 g/mol. The summed E-state index contributed by atoms with van der Waals surface area (Å²) in [5.41, 5.74) is 1.24. The van der Waals surface area contributed by atoms with Gasteiger partial charge < -0.3 is 25.0 Å². The predicted octanol–water partition coefficient (Wildman–Crippen LogP) is 0.824. The van der Waals surface area contributed by atoms with Gasteiger partial charge in [-0.2, -0.15) is 0 Å². The summed E-state index contributed by atoms with van der Waals surface area (Å²) in [5, 5.41) is 10.1. The lowest BCUT2D eigenvalue weighted by molar-refractivity contribution is -0.107. The Morgan fingerprint density at radius 3 is 2.41 bits per heavy atom. The van der Waals surface area contributed by atoms with Crippen LogP contribution in [-0.2, 0) is 15.8 Å². The zero-order valence-corrected chi connectivity index (χ0v) is 13.1. The summed E-state index contributed by atoms with van der Waals surface area (Å²) in [5.74, 6) is -0.325. The predicted molar refractivity (Wildman–Crippen MR) is 80.4 cm³/mol. The van der Waals surface area contributed by atoms with Gasteiger partial charge in [-0.25, -0.2) is 0 Å². The zero-order valence-electron chi connectivity index (χ0n) is 12.2. The molecule has 0 heterocycles. The Bertz CT molecular complexity index is 563. The molecular weight excluding hydrogens is 309 g/mol. The van der Waals surface area contributed by atoms with Gasteiger partial charge in [-0.1, -0.05) is 12.1 Å². The highest BCUT2D eigenvalue weighted by molar-refractivity contribution is 7.53. The maximum Gasteiger partial charge on any atom is 0.356 e. The number of hydrogen-bond donors (Lipinski definition) is 4. The molecule has 0 bridgehead atoms. The van der Waals surface area contributed by atoms with Crippen molar-refractivity contribution in [3.05, 3.63) is 35.4 Å². The lowest BCUT2D eigenvalue weighted by Crippen LogP contribution is -2.28. The molecule has 4 N–H and O–H groups in total. The number of aldehydes is 1. The van der Waals surface area contributed by atoms with Crippen LogP contribution in [0.4, 0.5) is 0 Å². The summed E-state index contributed by atoms with van der Waals surface area (Å²) in [6.45, 7) is 1.26. The Morgan fingerprint density at radius 1 is 1.32 bits per heavy atom. The van der Waals surface area contributed by atoms with Gasteiger partial charge in [-0.3, -0.25) is 9.36 Å². The SMILES string of the molecule is CC(O)(CCCNC(=O)c1ccc(CC=O)cc1)P(=O)(O)O. The smallest absolute Gasteiger partial charge is 0.356 e. The van der Waals surface area contributed by atoms with E-state index >= 15 is 0 Å². The summed E-state index contributed by atoms with van der Waals surface area (Å²) in [7, 11) is -4.59. The second kappa shape index (κ2) is 7.65. The van der Waals surface area contributed by atoms with E-state index in [4.69, 9.17) is 9.79 Å². The third-order valence-electron chi connectivity index (χ3n) is 3.28. The van der Waals surface area contributed by atoms with Crippen LogP contribution >= 0.6 is 7.60 Å². The Kier molecular flexibility index (Phi) is 6.44. The number of rotatable bonds is 8. The second-order valence-corrected chi connectivity index (χ2v) is 7.24. The summed E-state index contributed by atoms with van der Waals surface area (Å²) in [4.78, 5) is 40.1. The van der Waals surface area contributed by atoms with Crippen molar-refractivity contribution in [2.45, 2.75) is 31.5 Å². The minimum atomic E-state index is -4.59. The third kappa shape index (κ3) is 5.35. The number of carbonyl (C=O) groups excluding carboxylic acids is 2. The number of benzene rings is 1. The van der Waals surface area contributed by atoms with Crippen LogP contribution in [0.15, 0.2) is 24.3 Å². The van der Waals surface area contributed by atoms with E-state index in [1.54, 1.807) is 24.3 Å². The van der Waals surface area contributed by atoms with Crippen LogP contribution in [0, 0.1) is 0 Å². The van der Waals surface area contributed by atoms with Gasteiger partial charge in [-0.15, -0.1) is 0 Å². The molecule has 1 rings (SSSR count). The van der Waals surface area contributed by atoms with Crippen LogP contribution in [0.2, 0.25) is 0 Å². The van der Waals surface area contributed by atoms with Crippen molar-refractivity contribution < 1.29 is 29.0 Å². The van der Waals surface area contributed by atoms with E-state index < -0.39 is 12.9 Å². The first-order valence-corrected chi connectivity index (χ1v) is 8.37. The third-order valence-corrected chi connectivity index (χ3v) is 4.75. The summed E-state index contributed by atoms with van der Waals surface area (Å²) in [6, 6.07) is 6.56. The molecule has 1 atom stereocenters. The van der Waals surface area contributed by atoms with Crippen LogP contribution < -0.4 is 5.32 Å². The molecule has 1 amide bonds. The van der Waals surface area contributed by atoms with E-state index in [1.807, 2.05) is 0 Å². The first kappa shape index (κ1) is 18.5. The zero-order chi connectivity index (χ0) is 16.8. The van der Waals surface area contributed by atoms with Crippen molar-refractivity contribution in [2.75, 3.05) is 6.54 Å². The molecule has 0 aliphatic carbocycles. The van der Waals surface area contributed by atoms with Gasteiger partial charge in [-0.05, 0) is 37.5 Å². The molecule has 0 aromatic heterocycles. The van der Waals surface area contributed by atoms with Crippen LogP contribution in [0.3, 0.4) is 0 Å². The van der Waals surface area contributed by atoms with Gasteiger partial charge in [0.05, 0.1) is 0 Å². The number of nitrogens with one attached hydrogen (secondary N) is 1. The normalized spacial score (nSPS) is 14.2. The number of carbonyl (C=O) groups is 2. The molecule has 0 aliphatic heterocycles. The van der Waals surface area contributed by atoms with Crippen LogP contribution in [0.25, 0.3) is 0 Å². The summed E-state index contributed by atoms with van der Waals surface area (Å²) in [6.07, 6.45) is 1.17. The van der Waals surface area contributed by atoms with Crippen molar-refractivity contribution in [3.63, 3.8) is 0 Å². The van der Waals surface area contributed by atoms with Gasteiger partial charge in [0.2, 0.25) is 0 Å². The van der Waals surface area contributed by atoms with Crippen molar-refractivity contribution >= 4 is 19.8 Å². The highest BCUT2D eigenvalue weighted by Crippen LogP contribution is 2.50. The highest BCUT2D eigenvalue weighted by atomic mass is 31.2. The molecule has 0 saturated heterocycles. The van der Waals surface area contributed by atoms with Gasteiger partial charge in [0.15, 0.2) is 5.34 Å². The standard InChI is InChI=1S/C14H20NO6P/c1-14(18,22(19,20)21)8-2-9-15-13(17)12-5-3-11(4-6-12)7-10-16/h3-6,10,18H,2,7-9H2,1H3,(H,15,17)(H2,19,20,21). The maximum atomic E-state index is 11.8. The van der Waals surface area contributed by atoms with E-state index in [0.29, 0.717) is 12.0 Å². The molecule has 8 heteroatoms. The molecule has 22 heavy (non-hydrogen) atoms. The van der Waals surface area contributed by atoms with Gasteiger partial charge in [0, 0.05) is 18.5 Å². The Hall–Kier alpha value is -1.53. The molecule has 122 valence electrons. The second-order valence-electron chi connectivity index (χ2n) is 5.19. The molecule has 0 saturated carbocycles. The molecule has 1 unspecified atom stereocenters. The quantitative estimate of drug-likeness (QED) is 0.318. The first-order valence-electron chi connectivity index (χ1n) is 6.76. The molecule has 7 nitrogen and oxygen atoms in total. The number of hydrogen-bond acceptors (Lipinski definition) is 4. The fourth-order valence-electron chi connectivity index (χ4n) is 1.76. The lowest BCUT2D eigenvalue weighted by Gasteiger charge is -2.24. The fraction of sp³-hybridized carbons (Fsp3) is 0.429. The van der Waals surface area contributed by atoms with Crippen LogP contribution in [-0.4, -0.2) is 39.0 Å². The van der Waals surface area contributed by atoms with E-state index in [-0.39, 0.29) is 25.3 Å². The van der Waals surface area contributed by atoms with Crippen molar-refractivity contribution in [1.82, 2.24) is 5.32 Å². The van der Waals surface area contributed by atoms with Crippen LogP contribution in [0.5, 0.6) is 0 Å². The Balaban J connectivity index is 2.43. The van der Waals surface area contributed by atoms with Crippen molar-refractivity contribution in [1.29, 1.82) is 0 Å².